The van der Waals surface area contributed by atoms with Crippen molar-refractivity contribution in [3.05, 3.63) is 48.0 Å². The molecule has 1 fully saturated rings. The maximum atomic E-state index is 13.3. The molecule has 4 amide bonds. The van der Waals surface area contributed by atoms with Crippen LogP contribution in [0.4, 0.5) is 0 Å². The molecule has 1 aromatic carbocycles. The molecule has 1 aromatic rings. The Morgan fingerprint density at radius 1 is 1.06 bits per heavy atom. The number of nitrogens with one attached hydrogen (secondary N) is 1. The molecule has 7 heteroatoms. The zero-order valence-corrected chi connectivity index (χ0v) is 19.8. The largest absolute Gasteiger partial charge is 0.352 e. The molecule has 0 radical (unpaired) electrons. The minimum atomic E-state index is -0.597. The monoisotopic (exact) mass is 453 g/mol. The molecule has 0 unspecified atom stereocenters. The highest BCUT2D eigenvalue weighted by molar-refractivity contribution is 6.05. The van der Waals surface area contributed by atoms with Crippen molar-refractivity contribution in [3.63, 3.8) is 0 Å². The zero-order chi connectivity index (χ0) is 24.0. The second kappa shape index (κ2) is 11.3. The van der Waals surface area contributed by atoms with Crippen molar-refractivity contribution in [2.75, 3.05) is 13.1 Å². The summed E-state index contributed by atoms with van der Waals surface area (Å²) in [6, 6.07) is 9.19. The first-order chi connectivity index (χ1) is 15.8. The lowest BCUT2D eigenvalue weighted by molar-refractivity contribution is -0.144. The summed E-state index contributed by atoms with van der Waals surface area (Å²) in [6.45, 7) is 6.12. The molecular weight excluding hydrogens is 418 g/mol. The van der Waals surface area contributed by atoms with Crippen LogP contribution in [0.25, 0.3) is 0 Å². The fraction of sp³-hybridized carbons (Fsp3) is 0.538. The van der Waals surface area contributed by atoms with Gasteiger partial charge in [0.1, 0.15) is 6.04 Å². The third kappa shape index (κ3) is 5.89. The van der Waals surface area contributed by atoms with Crippen LogP contribution in [-0.2, 0) is 25.6 Å². The van der Waals surface area contributed by atoms with Crippen molar-refractivity contribution in [1.29, 1.82) is 0 Å². The van der Waals surface area contributed by atoms with Crippen LogP contribution in [0, 0.1) is 11.8 Å². The summed E-state index contributed by atoms with van der Waals surface area (Å²) in [6.07, 6.45) is 6.18. The summed E-state index contributed by atoms with van der Waals surface area (Å²) >= 11 is 0. The Morgan fingerprint density at radius 2 is 1.67 bits per heavy atom. The van der Waals surface area contributed by atoms with E-state index < -0.39 is 6.04 Å². The van der Waals surface area contributed by atoms with Gasteiger partial charge in [-0.05, 0) is 45.1 Å². The Bertz CT molecular complexity index is 870. The number of rotatable bonds is 10. The van der Waals surface area contributed by atoms with Crippen LogP contribution in [0.3, 0.4) is 0 Å². The lowest BCUT2D eigenvalue weighted by Crippen LogP contribution is -2.52. The first-order valence-corrected chi connectivity index (χ1v) is 12.0. The number of carbonyl (C=O) groups is 4. The standard InChI is InChI=1S/C26H35N3O4/c1-4-22(24(31)27-18(2)3)28(16-14-19-10-6-5-7-11-19)23(30)15-17-29-25(32)20-12-8-9-13-21(20)26(29)33/h5-11,18,20-22H,4,12-17H2,1-3H3,(H,27,31)/t20-,21+,22-/m0/s1. The third-order valence-corrected chi connectivity index (χ3v) is 6.45. The van der Waals surface area contributed by atoms with Gasteiger partial charge in [-0.25, -0.2) is 0 Å². The molecule has 2 aliphatic rings. The highest BCUT2D eigenvalue weighted by atomic mass is 16.2. The zero-order valence-electron chi connectivity index (χ0n) is 19.8. The number of hydrogen-bond donors (Lipinski definition) is 1. The van der Waals surface area contributed by atoms with E-state index in [0.29, 0.717) is 32.2 Å². The lowest BCUT2D eigenvalue weighted by Gasteiger charge is -2.31. The lowest BCUT2D eigenvalue weighted by atomic mass is 9.85. The van der Waals surface area contributed by atoms with Gasteiger partial charge in [0.15, 0.2) is 0 Å². The molecule has 0 bridgehead atoms. The maximum Gasteiger partial charge on any atom is 0.242 e. The molecule has 7 nitrogen and oxygen atoms in total. The third-order valence-electron chi connectivity index (χ3n) is 6.45. The molecule has 0 saturated carbocycles. The van der Waals surface area contributed by atoms with Gasteiger partial charge in [0.2, 0.25) is 23.6 Å². The summed E-state index contributed by atoms with van der Waals surface area (Å²) in [4.78, 5) is 54.5. The highest BCUT2D eigenvalue weighted by Gasteiger charge is 2.47. The average Bonchev–Trinajstić information content (AvgIpc) is 3.05. The second-order valence-corrected chi connectivity index (χ2v) is 9.14. The smallest absolute Gasteiger partial charge is 0.242 e. The molecular formula is C26H35N3O4. The number of fused-ring (bicyclic) bond motifs is 1. The van der Waals surface area contributed by atoms with Crippen LogP contribution in [0.1, 0.15) is 52.0 Å². The number of benzene rings is 1. The number of imide groups is 1. The quantitative estimate of drug-likeness (QED) is 0.436. The van der Waals surface area contributed by atoms with Crippen molar-refractivity contribution >= 4 is 23.6 Å². The number of amides is 4. The number of nitrogens with zero attached hydrogens (tertiary/aromatic N) is 2. The van der Waals surface area contributed by atoms with E-state index in [1.807, 2.05) is 63.3 Å². The van der Waals surface area contributed by atoms with Gasteiger partial charge in [-0.2, -0.15) is 0 Å². The summed E-state index contributed by atoms with van der Waals surface area (Å²) in [5.74, 6) is -1.35. The van der Waals surface area contributed by atoms with Gasteiger partial charge < -0.3 is 10.2 Å². The van der Waals surface area contributed by atoms with Crippen LogP contribution in [0.5, 0.6) is 0 Å². The van der Waals surface area contributed by atoms with Crippen molar-refractivity contribution in [3.8, 4) is 0 Å². The number of hydrogen-bond acceptors (Lipinski definition) is 4. The molecule has 33 heavy (non-hydrogen) atoms. The summed E-state index contributed by atoms with van der Waals surface area (Å²) in [5.41, 5.74) is 1.08. The molecule has 1 aliphatic carbocycles. The van der Waals surface area contributed by atoms with Gasteiger partial charge in [0, 0.05) is 25.6 Å². The van der Waals surface area contributed by atoms with Gasteiger partial charge in [-0.15, -0.1) is 0 Å². The van der Waals surface area contributed by atoms with E-state index in [1.165, 1.54) is 4.90 Å². The van der Waals surface area contributed by atoms with Crippen LogP contribution in [0.15, 0.2) is 42.5 Å². The summed E-state index contributed by atoms with van der Waals surface area (Å²) < 4.78 is 0. The minimum Gasteiger partial charge on any atom is -0.352 e. The van der Waals surface area contributed by atoms with E-state index in [1.54, 1.807) is 4.90 Å². The molecule has 1 aliphatic heterocycles. The second-order valence-electron chi connectivity index (χ2n) is 9.14. The first kappa shape index (κ1) is 24.7. The minimum absolute atomic E-state index is 0.0184. The van der Waals surface area contributed by atoms with E-state index in [-0.39, 0.29) is 54.5 Å². The Morgan fingerprint density at radius 3 is 2.21 bits per heavy atom. The molecule has 1 heterocycles. The fourth-order valence-electron chi connectivity index (χ4n) is 4.72. The van der Waals surface area contributed by atoms with Crippen LogP contribution < -0.4 is 5.32 Å². The SMILES string of the molecule is CC[C@@H](C(=O)NC(C)C)N(CCc1ccccc1)C(=O)CCN1C(=O)[C@H]2CC=CC[C@H]2C1=O. The van der Waals surface area contributed by atoms with Crippen molar-refractivity contribution in [2.24, 2.45) is 11.8 Å². The molecule has 3 rings (SSSR count). The highest BCUT2D eigenvalue weighted by Crippen LogP contribution is 2.35. The summed E-state index contributed by atoms with van der Waals surface area (Å²) in [5, 5.41) is 2.91. The van der Waals surface area contributed by atoms with E-state index >= 15 is 0 Å². The molecule has 0 aromatic heterocycles. The van der Waals surface area contributed by atoms with Gasteiger partial charge in [0.05, 0.1) is 11.8 Å². The van der Waals surface area contributed by atoms with E-state index in [0.717, 1.165) is 5.56 Å². The number of allylic oxidation sites excluding steroid dienone is 2. The predicted octanol–water partition coefficient (Wildman–Crippen LogP) is 2.70. The van der Waals surface area contributed by atoms with Gasteiger partial charge >= 0.3 is 0 Å². The Kier molecular flexibility index (Phi) is 8.42. The summed E-state index contributed by atoms with van der Waals surface area (Å²) in [7, 11) is 0. The van der Waals surface area contributed by atoms with Crippen molar-refractivity contribution < 1.29 is 19.2 Å². The Labute approximate surface area is 196 Å². The van der Waals surface area contributed by atoms with Crippen LogP contribution in [0.2, 0.25) is 0 Å². The van der Waals surface area contributed by atoms with Gasteiger partial charge in [-0.3, -0.25) is 24.1 Å². The first-order valence-electron chi connectivity index (χ1n) is 12.0. The maximum absolute atomic E-state index is 13.3. The van der Waals surface area contributed by atoms with Gasteiger partial charge in [0.25, 0.3) is 0 Å². The fourth-order valence-corrected chi connectivity index (χ4v) is 4.72. The Balaban J connectivity index is 1.70. The normalized spacial score (nSPS) is 20.7. The number of likely N-dealkylation sites (tertiary alicyclic amines) is 1. The molecule has 178 valence electrons. The van der Waals surface area contributed by atoms with E-state index in [4.69, 9.17) is 0 Å². The van der Waals surface area contributed by atoms with Crippen molar-refractivity contribution in [1.82, 2.24) is 15.1 Å². The van der Waals surface area contributed by atoms with E-state index in [2.05, 4.69) is 5.32 Å². The molecule has 1 N–H and O–H groups in total. The molecule has 1 saturated heterocycles. The van der Waals surface area contributed by atoms with Crippen LogP contribution >= 0.6 is 0 Å². The molecule has 0 spiro atoms. The van der Waals surface area contributed by atoms with E-state index in [9.17, 15) is 19.2 Å². The average molecular weight is 454 g/mol. The van der Waals surface area contributed by atoms with Gasteiger partial charge in [-0.1, -0.05) is 49.4 Å². The topological polar surface area (TPSA) is 86.8 Å². The predicted molar refractivity (Wildman–Crippen MR) is 126 cm³/mol. The number of carbonyl (C=O) groups excluding carboxylic acids is 4. The van der Waals surface area contributed by atoms with Crippen molar-refractivity contribution in [2.45, 2.75) is 65.0 Å². The van der Waals surface area contributed by atoms with Crippen LogP contribution in [-0.4, -0.2) is 58.6 Å². The molecule has 3 atom stereocenters. The Hall–Kier alpha value is -2.96.